The lowest BCUT2D eigenvalue weighted by atomic mass is 10.1. The third kappa shape index (κ3) is 4.85. The minimum atomic E-state index is -4.47. The van der Waals surface area contributed by atoms with E-state index >= 15 is 0 Å². The minimum Gasteiger partial charge on any atom is -0.488 e. The van der Waals surface area contributed by atoms with Crippen molar-refractivity contribution in [3.63, 3.8) is 0 Å². The normalized spacial score (nSPS) is 15.1. The molecule has 0 unspecified atom stereocenters. The lowest BCUT2D eigenvalue weighted by Crippen LogP contribution is -2.43. The molecule has 1 fully saturated rings. The molecule has 3 aromatic rings. The lowest BCUT2D eigenvalue weighted by Gasteiger charge is -2.32. The van der Waals surface area contributed by atoms with E-state index in [1.165, 1.54) is 33.6 Å². The first-order valence-electron chi connectivity index (χ1n) is 9.87. The number of anilines is 1. The van der Waals surface area contributed by atoms with Crippen molar-refractivity contribution in [2.45, 2.75) is 25.1 Å². The number of alkyl halides is 3. The summed E-state index contributed by atoms with van der Waals surface area (Å²) < 4.78 is 51.2. The predicted octanol–water partition coefficient (Wildman–Crippen LogP) is 4.29. The second kappa shape index (κ2) is 9.15. The van der Waals surface area contributed by atoms with Crippen molar-refractivity contribution >= 4 is 23.8 Å². The van der Waals surface area contributed by atoms with Crippen molar-refractivity contribution in [1.82, 2.24) is 24.5 Å². The number of benzene rings is 1. The fourth-order valence-corrected chi connectivity index (χ4v) is 3.78. The first-order valence-corrected chi connectivity index (χ1v) is 11.1. The van der Waals surface area contributed by atoms with Gasteiger partial charge >= 0.3 is 12.2 Å². The van der Waals surface area contributed by atoms with E-state index in [4.69, 9.17) is 4.74 Å². The molecule has 1 saturated heterocycles. The molecular weight excluding hydrogens is 445 g/mol. The fourth-order valence-electron chi connectivity index (χ4n) is 3.46. The van der Waals surface area contributed by atoms with E-state index in [-0.39, 0.29) is 17.8 Å². The van der Waals surface area contributed by atoms with Crippen LogP contribution in [0.2, 0.25) is 0 Å². The molecule has 4 rings (SSSR count). The van der Waals surface area contributed by atoms with Crippen LogP contribution in [0.5, 0.6) is 5.75 Å². The Morgan fingerprint density at radius 3 is 2.66 bits per heavy atom. The Labute approximate surface area is 186 Å². The number of nitrogens with one attached hydrogen (secondary N) is 1. The van der Waals surface area contributed by atoms with Crippen molar-refractivity contribution in [3.05, 3.63) is 54.5 Å². The molecule has 1 aliphatic heterocycles. The van der Waals surface area contributed by atoms with Gasteiger partial charge in [-0.15, -0.1) is 5.10 Å². The number of halogens is 3. The molecule has 32 heavy (non-hydrogen) atoms. The Bertz CT molecular complexity index is 1060. The zero-order valence-electron chi connectivity index (χ0n) is 17.1. The number of hydrogen-bond acceptors (Lipinski definition) is 6. The number of piperidine rings is 1. The molecule has 0 aliphatic carbocycles. The molecular formula is C20H21F3N6O2S. The minimum absolute atomic E-state index is 0.216. The van der Waals surface area contributed by atoms with Gasteiger partial charge in [-0.2, -0.15) is 23.0 Å². The zero-order chi connectivity index (χ0) is 22.7. The summed E-state index contributed by atoms with van der Waals surface area (Å²) >= 11 is 1.38. The number of aromatic nitrogens is 4. The summed E-state index contributed by atoms with van der Waals surface area (Å²) in [6, 6.07) is 6.46. The van der Waals surface area contributed by atoms with Gasteiger partial charge in [-0.05, 0) is 24.3 Å². The standard InChI is InChI=1S/C20H21F3N6O2S/c1-32-26-18-7-12-29(25-18)19(30)27-10-5-15(6-11-27)31-17-4-3-14(20(21,22)23)13-16(17)28-9-2-8-24-28/h2-4,7-9,12-13,15H,5-6,10-11H2,1H3,(H,25,26). The van der Waals surface area contributed by atoms with E-state index in [1.807, 2.05) is 6.26 Å². The van der Waals surface area contributed by atoms with E-state index in [1.54, 1.807) is 29.4 Å². The molecule has 1 amide bonds. The van der Waals surface area contributed by atoms with Gasteiger partial charge in [-0.3, -0.25) is 0 Å². The van der Waals surface area contributed by atoms with Crippen LogP contribution >= 0.6 is 11.9 Å². The smallest absolute Gasteiger partial charge is 0.416 e. The second-order valence-corrected chi connectivity index (χ2v) is 7.78. The summed E-state index contributed by atoms with van der Waals surface area (Å²) in [5.41, 5.74) is -0.556. The molecule has 1 N–H and O–H groups in total. The largest absolute Gasteiger partial charge is 0.488 e. The van der Waals surface area contributed by atoms with Gasteiger partial charge in [0.15, 0.2) is 5.82 Å². The molecule has 1 aromatic carbocycles. The number of hydrogen-bond donors (Lipinski definition) is 1. The molecule has 0 spiro atoms. The van der Waals surface area contributed by atoms with Crippen molar-refractivity contribution in [1.29, 1.82) is 0 Å². The third-order valence-electron chi connectivity index (χ3n) is 5.04. The highest BCUT2D eigenvalue weighted by Gasteiger charge is 2.32. The van der Waals surface area contributed by atoms with Crippen LogP contribution in [0.15, 0.2) is 48.9 Å². The van der Waals surface area contributed by atoms with E-state index in [9.17, 15) is 18.0 Å². The predicted molar refractivity (Wildman–Crippen MR) is 114 cm³/mol. The quantitative estimate of drug-likeness (QED) is 0.566. The summed E-state index contributed by atoms with van der Waals surface area (Å²) in [4.78, 5) is 14.3. The number of likely N-dealkylation sites (tertiary alicyclic amines) is 1. The molecule has 0 bridgehead atoms. The van der Waals surface area contributed by atoms with Crippen LogP contribution in [-0.2, 0) is 6.18 Å². The number of carbonyl (C=O) groups excluding carboxylic acids is 1. The Kier molecular flexibility index (Phi) is 6.31. The fraction of sp³-hybridized carbons (Fsp3) is 0.350. The van der Waals surface area contributed by atoms with E-state index in [2.05, 4.69) is 14.9 Å². The molecule has 2 aromatic heterocycles. The SMILES string of the molecule is CSNc1ccn(C(=O)N2CCC(Oc3ccc(C(F)(F)F)cc3-n3cccn3)CC2)n1. The third-order valence-corrected chi connectivity index (χ3v) is 5.45. The number of carbonyl (C=O) groups is 1. The molecule has 3 heterocycles. The van der Waals surface area contributed by atoms with Crippen molar-refractivity contribution in [3.8, 4) is 11.4 Å². The highest BCUT2D eigenvalue weighted by atomic mass is 32.2. The number of nitrogens with zero attached hydrogens (tertiary/aromatic N) is 5. The zero-order valence-corrected chi connectivity index (χ0v) is 17.9. The van der Waals surface area contributed by atoms with Gasteiger partial charge in [0.1, 0.15) is 17.5 Å². The van der Waals surface area contributed by atoms with Gasteiger partial charge in [0.2, 0.25) is 0 Å². The number of ether oxygens (including phenoxy) is 1. The maximum Gasteiger partial charge on any atom is 0.416 e. The highest BCUT2D eigenvalue weighted by Crippen LogP contribution is 2.35. The number of rotatable bonds is 5. The molecule has 1 aliphatic rings. The second-order valence-electron chi connectivity index (χ2n) is 7.17. The van der Waals surface area contributed by atoms with Crippen molar-refractivity contribution in [2.24, 2.45) is 0 Å². The molecule has 8 nitrogen and oxygen atoms in total. The first kappa shape index (κ1) is 22.1. The Balaban J connectivity index is 1.43. The molecule has 0 atom stereocenters. The molecule has 170 valence electrons. The van der Waals surface area contributed by atoms with Crippen LogP contribution in [0.4, 0.5) is 23.8 Å². The summed E-state index contributed by atoms with van der Waals surface area (Å²) in [7, 11) is 0. The monoisotopic (exact) mass is 466 g/mol. The Hall–Kier alpha value is -3.15. The maximum absolute atomic E-state index is 13.2. The summed E-state index contributed by atoms with van der Waals surface area (Å²) in [6.45, 7) is 0.902. The maximum atomic E-state index is 13.2. The molecule has 0 radical (unpaired) electrons. The van der Waals surface area contributed by atoms with Crippen LogP contribution in [0.3, 0.4) is 0 Å². The van der Waals surface area contributed by atoms with Crippen LogP contribution in [0.1, 0.15) is 18.4 Å². The Morgan fingerprint density at radius 1 is 1.22 bits per heavy atom. The van der Waals surface area contributed by atoms with Crippen LogP contribution in [-0.4, -0.2) is 55.9 Å². The summed E-state index contributed by atoms with van der Waals surface area (Å²) in [5, 5.41) is 8.24. The van der Waals surface area contributed by atoms with E-state index in [0.29, 0.717) is 37.5 Å². The van der Waals surface area contributed by atoms with Gasteiger partial charge in [0, 0.05) is 56.8 Å². The number of amides is 1. The first-order chi connectivity index (χ1) is 15.3. The molecule has 0 saturated carbocycles. The molecule has 12 heteroatoms. The van der Waals surface area contributed by atoms with Gasteiger partial charge in [0.05, 0.1) is 5.56 Å². The average molecular weight is 466 g/mol. The highest BCUT2D eigenvalue weighted by molar-refractivity contribution is 7.99. The summed E-state index contributed by atoms with van der Waals surface area (Å²) in [6.07, 6.45) is 2.89. The van der Waals surface area contributed by atoms with E-state index in [0.717, 1.165) is 12.1 Å². The van der Waals surface area contributed by atoms with Gasteiger partial charge in [0.25, 0.3) is 0 Å². The van der Waals surface area contributed by atoms with Crippen molar-refractivity contribution < 1.29 is 22.7 Å². The van der Waals surface area contributed by atoms with Crippen LogP contribution < -0.4 is 9.46 Å². The van der Waals surface area contributed by atoms with Crippen LogP contribution in [0, 0.1) is 0 Å². The lowest BCUT2D eigenvalue weighted by molar-refractivity contribution is -0.137. The Morgan fingerprint density at radius 2 is 2.00 bits per heavy atom. The van der Waals surface area contributed by atoms with Crippen molar-refractivity contribution in [2.75, 3.05) is 24.1 Å². The van der Waals surface area contributed by atoms with Gasteiger partial charge < -0.3 is 14.4 Å². The summed E-state index contributed by atoms with van der Waals surface area (Å²) in [5.74, 6) is 0.906. The van der Waals surface area contributed by atoms with E-state index < -0.39 is 11.7 Å². The van der Waals surface area contributed by atoms with Gasteiger partial charge in [-0.25, -0.2) is 9.48 Å². The topological polar surface area (TPSA) is 77.2 Å². The van der Waals surface area contributed by atoms with Gasteiger partial charge in [-0.1, -0.05) is 11.9 Å². The van der Waals surface area contributed by atoms with Crippen LogP contribution in [0.25, 0.3) is 5.69 Å². The average Bonchev–Trinajstić information content (AvgIpc) is 3.46.